The number of nitrogens with two attached hydrogens (primary N) is 6. The molecule has 0 aliphatic rings. The normalized spacial score (nSPS) is 12.6. The minimum Gasteiger partial charge on any atom is -0.480 e. The molecule has 0 fully saturated rings. The molecule has 0 saturated heterocycles. The van der Waals surface area contributed by atoms with Crippen molar-refractivity contribution in [2.24, 2.45) is 39.4 Å². The number of nitrogens with one attached hydrogen (secondary N) is 1. The number of aromatic amines is 1. The van der Waals surface area contributed by atoms with E-state index in [0.717, 1.165) is 18.5 Å². The van der Waals surface area contributed by atoms with E-state index in [-0.39, 0.29) is 12.4 Å². The van der Waals surface area contributed by atoms with Gasteiger partial charge in [-0.05, 0) is 32.2 Å². The SMILES string of the molecule is NC(Cc1cnc[nH]1)C(=O)O.NC(N)=NCCCC(N)C(=O)O.NCCCCC(N)C(=O)O. The maximum atomic E-state index is 10.3. The molecule has 0 saturated carbocycles. The first-order valence-corrected chi connectivity index (χ1v) is 10.1. The molecule has 1 aromatic rings. The van der Waals surface area contributed by atoms with Crippen molar-refractivity contribution < 1.29 is 29.7 Å². The summed E-state index contributed by atoms with van der Waals surface area (Å²) in [4.78, 5) is 40.8. The summed E-state index contributed by atoms with van der Waals surface area (Å²) in [6, 6.07) is -2.39. The van der Waals surface area contributed by atoms with Crippen molar-refractivity contribution in [1.82, 2.24) is 9.97 Å². The third-order valence-corrected chi connectivity index (χ3v) is 3.88. The number of carboxylic acids is 3. The van der Waals surface area contributed by atoms with Gasteiger partial charge in [0.2, 0.25) is 0 Å². The van der Waals surface area contributed by atoms with E-state index in [1.165, 1.54) is 6.33 Å². The van der Waals surface area contributed by atoms with Gasteiger partial charge >= 0.3 is 17.9 Å². The summed E-state index contributed by atoms with van der Waals surface area (Å²) < 4.78 is 0. The molecule has 3 atom stereocenters. The van der Waals surface area contributed by atoms with Crippen LogP contribution in [-0.2, 0) is 20.8 Å². The molecule has 0 aliphatic heterocycles. The number of guanidine groups is 1. The number of aromatic nitrogens is 2. The van der Waals surface area contributed by atoms with Crippen LogP contribution in [0.1, 0.15) is 37.8 Å². The molecule has 0 aromatic carbocycles. The molecule has 0 bridgehead atoms. The standard InChI is InChI=1S/C6H14N4O2.C6H9N3O2.C6H14N2O2/c7-4(5(11)12)2-1-3-10-6(8)9;7-5(6(10)11)1-4-2-8-3-9-4;7-4-2-1-3-5(8)6(9)10/h4H,1-3,7H2,(H,11,12)(H4,8,9,10);2-3,5H,1,7H2,(H,8,9)(H,10,11);5H,1-4,7-8H2,(H,9,10). The van der Waals surface area contributed by atoms with Crippen LogP contribution < -0.4 is 34.4 Å². The van der Waals surface area contributed by atoms with Crippen LogP contribution in [0.5, 0.6) is 0 Å². The summed E-state index contributed by atoms with van der Waals surface area (Å²) in [5, 5.41) is 25.1. The van der Waals surface area contributed by atoms with Crippen LogP contribution in [0.25, 0.3) is 0 Å². The minimum absolute atomic E-state index is 0.0129. The lowest BCUT2D eigenvalue weighted by Gasteiger charge is -2.03. The monoisotopic (exact) mass is 475 g/mol. The lowest BCUT2D eigenvalue weighted by molar-refractivity contribution is -0.139. The van der Waals surface area contributed by atoms with Crippen molar-refractivity contribution >= 4 is 23.9 Å². The van der Waals surface area contributed by atoms with Crippen LogP contribution >= 0.6 is 0 Å². The number of carboxylic acid groups (broad SMARTS) is 3. The second-order valence-electron chi connectivity index (χ2n) is 6.85. The molecule has 190 valence electrons. The number of aliphatic imine (C=N–C) groups is 1. The summed E-state index contributed by atoms with van der Waals surface area (Å²) in [5.41, 5.74) is 31.7. The Kier molecular flexibility index (Phi) is 18.8. The summed E-state index contributed by atoms with van der Waals surface area (Å²) in [6.07, 6.45) is 6.46. The molecular weight excluding hydrogens is 438 g/mol. The van der Waals surface area contributed by atoms with Gasteiger partial charge in [0, 0.05) is 24.9 Å². The highest BCUT2D eigenvalue weighted by Gasteiger charge is 2.12. The Morgan fingerprint density at radius 1 is 0.909 bits per heavy atom. The molecule has 15 nitrogen and oxygen atoms in total. The highest BCUT2D eigenvalue weighted by molar-refractivity contribution is 5.75. The van der Waals surface area contributed by atoms with E-state index in [2.05, 4.69) is 15.0 Å². The van der Waals surface area contributed by atoms with Crippen molar-refractivity contribution in [1.29, 1.82) is 0 Å². The Morgan fingerprint density at radius 2 is 1.42 bits per heavy atom. The van der Waals surface area contributed by atoms with Crippen LogP contribution in [-0.4, -0.2) is 80.4 Å². The molecule has 0 radical (unpaired) electrons. The molecule has 1 aromatic heterocycles. The van der Waals surface area contributed by atoms with Crippen LogP contribution in [0.4, 0.5) is 0 Å². The van der Waals surface area contributed by atoms with Gasteiger partial charge < -0.3 is 54.7 Å². The third kappa shape index (κ3) is 20.4. The van der Waals surface area contributed by atoms with Gasteiger partial charge in [-0.3, -0.25) is 19.4 Å². The lowest BCUT2D eigenvalue weighted by atomic mass is 10.1. The predicted octanol–water partition coefficient (Wildman–Crippen LogP) is -2.66. The minimum atomic E-state index is -1.00. The lowest BCUT2D eigenvalue weighted by Crippen LogP contribution is -2.32. The topological polar surface area (TPSA) is 309 Å². The molecule has 15 heteroatoms. The third-order valence-electron chi connectivity index (χ3n) is 3.88. The van der Waals surface area contributed by atoms with Gasteiger partial charge in [-0.15, -0.1) is 0 Å². The van der Waals surface area contributed by atoms with E-state index >= 15 is 0 Å². The summed E-state index contributed by atoms with van der Waals surface area (Å²) in [7, 11) is 0. The van der Waals surface area contributed by atoms with Crippen molar-refractivity contribution in [2.45, 2.75) is 56.7 Å². The number of carbonyl (C=O) groups is 3. The molecule has 16 N–H and O–H groups in total. The van der Waals surface area contributed by atoms with Gasteiger partial charge in [0.25, 0.3) is 0 Å². The second kappa shape index (κ2) is 19.4. The highest BCUT2D eigenvalue weighted by atomic mass is 16.4. The maximum Gasteiger partial charge on any atom is 0.320 e. The molecular formula is C18H37N9O6. The number of hydrogen-bond donors (Lipinski definition) is 10. The Morgan fingerprint density at radius 3 is 1.82 bits per heavy atom. The van der Waals surface area contributed by atoms with Crippen LogP contribution in [0.3, 0.4) is 0 Å². The molecule has 3 unspecified atom stereocenters. The number of rotatable bonds is 13. The van der Waals surface area contributed by atoms with Crippen LogP contribution in [0, 0.1) is 0 Å². The molecule has 1 rings (SSSR count). The highest BCUT2D eigenvalue weighted by Crippen LogP contribution is 1.97. The Balaban J connectivity index is 0. The Bertz CT molecular complexity index is 696. The average Bonchev–Trinajstić information content (AvgIpc) is 3.24. The fourth-order valence-corrected chi connectivity index (χ4v) is 2.00. The van der Waals surface area contributed by atoms with E-state index < -0.39 is 36.0 Å². The molecule has 0 spiro atoms. The summed E-state index contributed by atoms with van der Waals surface area (Å²) in [6.45, 7) is 1.02. The zero-order valence-corrected chi connectivity index (χ0v) is 18.5. The zero-order valence-electron chi connectivity index (χ0n) is 18.5. The first-order valence-electron chi connectivity index (χ1n) is 10.1. The number of unbranched alkanes of at least 4 members (excludes halogenated alkanes) is 1. The second-order valence-corrected chi connectivity index (χ2v) is 6.85. The molecule has 0 amide bonds. The first kappa shape index (κ1) is 31.9. The van der Waals surface area contributed by atoms with E-state index in [9.17, 15) is 14.4 Å². The van der Waals surface area contributed by atoms with E-state index in [1.807, 2.05) is 0 Å². The largest absolute Gasteiger partial charge is 0.480 e. The zero-order chi connectivity index (χ0) is 25.8. The maximum absolute atomic E-state index is 10.3. The van der Waals surface area contributed by atoms with Crippen molar-refractivity contribution in [3.63, 3.8) is 0 Å². The number of H-pyrrole nitrogens is 1. The number of nitrogens with zero attached hydrogens (tertiary/aromatic N) is 2. The van der Waals surface area contributed by atoms with Crippen molar-refractivity contribution in [2.75, 3.05) is 13.1 Å². The van der Waals surface area contributed by atoms with Gasteiger partial charge in [0.1, 0.15) is 18.1 Å². The van der Waals surface area contributed by atoms with Gasteiger partial charge in [-0.25, -0.2) is 4.98 Å². The van der Waals surface area contributed by atoms with Crippen LogP contribution in [0.15, 0.2) is 17.5 Å². The molecule has 0 aliphatic carbocycles. The molecule has 1 heterocycles. The molecule has 33 heavy (non-hydrogen) atoms. The van der Waals surface area contributed by atoms with Crippen molar-refractivity contribution in [3.05, 3.63) is 18.2 Å². The number of imidazole rings is 1. The van der Waals surface area contributed by atoms with Crippen molar-refractivity contribution in [3.8, 4) is 0 Å². The number of aliphatic carboxylic acids is 3. The van der Waals surface area contributed by atoms with E-state index in [1.54, 1.807) is 6.20 Å². The van der Waals surface area contributed by atoms with E-state index in [0.29, 0.717) is 32.4 Å². The Hall–Kier alpha value is -3.27. The fourth-order valence-electron chi connectivity index (χ4n) is 2.00. The number of hydrogen-bond acceptors (Lipinski definition) is 9. The Labute approximate surface area is 191 Å². The van der Waals surface area contributed by atoms with Gasteiger partial charge in [0.15, 0.2) is 5.96 Å². The van der Waals surface area contributed by atoms with E-state index in [4.69, 9.17) is 49.7 Å². The fraction of sp³-hybridized carbons (Fsp3) is 0.611. The van der Waals surface area contributed by atoms with Gasteiger partial charge in [-0.2, -0.15) is 0 Å². The smallest absolute Gasteiger partial charge is 0.320 e. The summed E-state index contributed by atoms with van der Waals surface area (Å²) >= 11 is 0. The van der Waals surface area contributed by atoms with Gasteiger partial charge in [0.05, 0.1) is 6.33 Å². The van der Waals surface area contributed by atoms with Crippen LogP contribution in [0.2, 0.25) is 0 Å². The predicted molar refractivity (Wildman–Crippen MR) is 122 cm³/mol. The van der Waals surface area contributed by atoms with Gasteiger partial charge in [-0.1, -0.05) is 6.42 Å². The quantitative estimate of drug-likeness (QED) is 0.0791. The average molecular weight is 476 g/mol. The first-order chi connectivity index (χ1) is 15.4. The summed E-state index contributed by atoms with van der Waals surface area (Å²) in [5.74, 6) is -2.92.